The van der Waals surface area contributed by atoms with E-state index in [2.05, 4.69) is 28.9 Å². The summed E-state index contributed by atoms with van der Waals surface area (Å²) in [4.78, 5) is 14.1. The van der Waals surface area contributed by atoms with Crippen molar-refractivity contribution in [2.45, 2.75) is 13.0 Å². The Balaban J connectivity index is 2.04. The molecule has 0 fully saturated rings. The maximum absolute atomic E-state index is 12.1. The molecular formula is C14H14BrNO. The van der Waals surface area contributed by atoms with Crippen LogP contribution in [0.3, 0.4) is 0 Å². The first-order valence-corrected chi connectivity index (χ1v) is 6.35. The topological polar surface area (TPSA) is 20.3 Å². The van der Waals surface area contributed by atoms with Crippen molar-refractivity contribution in [3.05, 3.63) is 58.7 Å². The van der Waals surface area contributed by atoms with E-state index in [9.17, 15) is 4.79 Å². The summed E-state index contributed by atoms with van der Waals surface area (Å²) in [5, 5.41) is 0. The molecule has 1 aliphatic heterocycles. The molecule has 0 aromatic heterocycles. The van der Waals surface area contributed by atoms with Gasteiger partial charge in [-0.3, -0.25) is 4.79 Å². The van der Waals surface area contributed by atoms with Crippen molar-refractivity contribution in [2.75, 3.05) is 6.54 Å². The predicted molar refractivity (Wildman–Crippen MR) is 72.9 cm³/mol. The van der Waals surface area contributed by atoms with E-state index in [1.165, 1.54) is 0 Å². The molecule has 0 radical (unpaired) electrons. The summed E-state index contributed by atoms with van der Waals surface area (Å²) in [6.07, 6.45) is 8.00. The Morgan fingerprint density at radius 1 is 1.29 bits per heavy atom. The number of rotatable bonds is 3. The smallest absolute Gasteiger partial charge is 0.182 e. The van der Waals surface area contributed by atoms with Gasteiger partial charge in [0.15, 0.2) is 5.78 Å². The van der Waals surface area contributed by atoms with Gasteiger partial charge in [-0.25, -0.2) is 0 Å². The summed E-state index contributed by atoms with van der Waals surface area (Å²) in [6, 6.07) is 7.76. The number of hydrogen-bond donors (Lipinski definition) is 0. The first kappa shape index (κ1) is 12.1. The average Bonchev–Trinajstić information content (AvgIpc) is 2.33. The molecule has 1 aliphatic rings. The van der Waals surface area contributed by atoms with Crippen LogP contribution in [0, 0.1) is 0 Å². The molecule has 0 spiro atoms. The maximum atomic E-state index is 12.1. The van der Waals surface area contributed by atoms with Gasteiger partial charge >= 0.3 is 0 Å². The number of carbonyl (C=O) groups excluding carboxylic acids is 1. The summed E-state index contributed by atoms with van der Waals surface area (Å²) in [5.74, 6) is 0.143. The minimum absolute atomic E-state index is 0.143. The number of hydrogen-bond acceptors (Lipinski definition) is 2. The highest BCUT2D eigenvalue weighted by Gasteiger charge is 2.14. The summed E-state index contributed by atoms with van der Waals surface area (Å²) >= 11 is 3.36. The van der Waals surface area contributed by atoms with E-state index in [1.54, 1.807) is 0 Å². The van der Waals surface area contributed by atoms with E-state index >= 15 is 0 Å². The fourth-order valence-electron chi connectivity index (χ4n) is 1.72. The molecule has 1 unspecified atom stereocenters. The van der Waals surface area contributed by atoms with Gasteiger partial charge in [0.1, 0.15) is 0 Å². The van der Waals surface area contributed by atoms with Gasteiger partial charge < -0.3 is 4.90 Å². The lowest BCUT2D eigenvalue weighted by Gasteiger charge is -2.26. The Labute approximate surface area is 110 Å². The number of halogens is 1. The third-order valence-electron chi connectivity index (χ3n) is 2.79. The van der Waals surface area contributed by atoms with Gasteiger partial charge in [-0.1, -0.05) is 40.2 Å². The first-order valence-electron chi connectivity index (χ1n) is 5.56. The third-order valence-corrected chi connectivity index (χ3v) is 3.32. The van der Waals surface area contributed by atoms with Crippen LogP contribution in [0.1, 0.15) is 17.3 Å². The molecule has 0 saturated heterocycles. The van der Waals surface area contributed by atoms with Crippen molar-refractivity contribution in [1.29, 1.82) is 0 Å². The highest BCUT2D eigenvalue weighted by atomic mass is 79.9. The van der Waals surface area contributed by atoms with Crippen LogP contribution in [0.5, 0.6) is 0 Å². The highest BCUT2D eigenvalue weighted by molar-refractivity contribution is 9.10. The van der Waals surface area contributed by atoms with Gasteiger partial charge in [0, 0.05) is 22.3 Å². The van der Waals surface area contributed by atoms with Crippen molar-refractivity contribution >= 4 is 21.7 Å². The molecule has 0 saturated carbocycles. The van der Waals surface area contributed by atoms with Crippen LogP contribution in [-0.2, 0) is 0 Å². The molecule has 0 N–H and O–H groups in total. The lowest BCUT2D eigenvalue weighted by Crippen LogP contribution is -2.32. The van der Waals surface area contributed by atoms with Gasteiger partial charge in [-0.15, -0.1) is 0 Å². The Bertz CT molecular complexity index is 462. The second-order valence-corrected chi connectivity index (χ2v) is 4.99. The Morgan fingerprint density at radius 2 is 2.00 bits per heavy atom. The quantitative estimate of drug-likeness (QED) is 0.796. The van der Waals surface area contributed by atoms with Crippen LogP contribution in [0.4, 0.5) is 0 Å². The van der Waals surface area contributed by atoms with Crippen LogP contribution in [0.2, 0.25) is 0 Å². The number of Topliss-reactive ketones (excluding diaryl/α,β-unsaturated/α-hetero) is 1. The van der Waals surface area contributed by atoms with Crippen LogP contribution in [0.25, 0.3) is 0 Å². The van der Waals surface area contributed by atoms with E-state index in [1.807, 2.05) is 47.5 Å². The van der Waals surface area contributed by atoms with E-state index in [0.717, 1.165) is 10.0 Å². The predicted octanol–water partition coefficient (Wildman–Crippen LogP) is 3.41. The lowest BCUT2D eigenvalue weighted by molar-refractivity contribution is 0.0947. The van der Waals surface area contributed by atoms with Crippen molar-refractivity contribution in [1.82, 2.24) is 4.90 Å². The van der Waals surface area contributed by atoms with Gasteiger partial charge in [0.25, 0.3) is 0 Å². The van der Waals surface area contributed by atoms with Crippen LogP contribution >= 0.6 is 15.9 Å². The minimum atomic E-state index is 0.143. The van der Waals surface area contributed by atoms with Gasteiger partial charge in [0.05, 0.1) is 6.54 Å². The molecule has 0 amide bonds. The summed E-state index contributed by atoms with van der Waals surface area (Å²) < 4.78 is 0.989. The van der Waals surface area contributed by atoms with E-state index in [4.69, 9.17) is 0 Å². The molecule has 88 valence electrons. The third kappa shape index (κ3) is 3.07. The van der Waals surface area contributed by atoms with Crippen molar-refractivity contribution in [3.63, 3.8) is 0 Å². The molecule has 0 aliphatic carbocycles. The molecule has 2 nitrogen and oxygen atoms in total. The first-order chi connectivity index (χ1) is 8.16. The van der Waals surface area contributed by atoms with Crippen LogP contribution in [0.15, 0.2) is 53.2 Å². The number of nitrogens with zero attached hydrogens (tertiary/aromatic N) is 1. The van der Waals surface area contributed by atoms with E-state index in [0.29, 0.717) is 6.54 Å². The van der Waals surface area contributed by atoms with Gasteiger partial charge in [-0.2, -0.15) is 0 Å². The second-order valence-electron chi connectivity index (χ2n) is 4.07. The maximum Gasteiger partial charge on any atom is 0.182 e. The zero-order valence-electron chi connectivity index (χ0n) is 9.64. The Kier molecular flexibility index (Phi) is 3.79. The van der Waals surface area contributed by atoms with Gasteiger partial charge in [-0.05, 0) is 25.1 Å². The monoisotopic (exact) mass is 291 g/mol. The molecular weight excluding hydrogens is 278 g/mol. The largest absolute Gasteiger partial charge is 0.364 e. The lowest BCUT2D eigenvalue weighted by atomic mass is 10.1. The summed E-state index contributed by atoms with van der Waals surface area (Å²) in [6.45, 7) is 2.50. The van der Waals surface area contributed by atoms with Crippen LogP contribution < -0.4 is 0 Å². The number of ketones is 1. The minimum Gasteiger partial charge on any atom is -0.364 e. The van der Waals surface area contributed by atoms with E-state index in [-0.39, 0.29) is 11.8 Å². The zero-order chi connectivity index (χ0) is 12.3. The Hall–Kier alpha value is -1.35. The second kappa shape index (κ2) is 5.32. The molecule has 0 bridgehead atoms. The molecule has 1 aromatic carbocycles. The SMILES string of the molecule is CC1C=CC=CN1CC(=O)c1ccc(Br)cc1. The number of benzene rings is 1. The molecule has 2 rings (SSSR count). The van der Waals surface area contributed by atoms with E-state index < -0.39 is 0 Å². The number of carbonyl (C=O) groups is 1. The summed E-state index contributed by atoms with van der Waals surface area (Å²) in [5.41, 5.74) is 0.753. The van der Waals surface area contributed by atoms with Crippen molar-refractivity contribution < 1.29 is 4.79 Å². The molecule has 3 heteroatoms. The normalized spacial score (nSPS) is 18.5. The van der Waals surface area contributed by atoms with Gasteiger partial charge in [0.2, 0.25) is 0 Å². The molecule has 1 aromatic rings. The van der Waals surface area contributed by atoms with Crippen molar-refractivity contribution in [2.24, 2.45) is 0 Å². The summed E-state index contributed by atoms with van der Waals surface area (Å²) in [7, 11) is 0. The number of allylic oxidation sites excluding steroid dienone is 2. The molecule has 17 heavy (non-hydrogen) atoms. The highest BCUT2D eigenvalue weighted by Crippen LogP contribution is 2.13. The van der Waals surface area contributed by atoms with Crippen molar-refractivity contribution in [3.8, 4) is 0 Å². The standard InChI is InChI=1S/C14H14BrNO/c1-11-4-2-3-9-16(11)10-14(17)12-5-7-13(15)8-6-12/h2-9,11H,10H2,1H3. The molecule has 1 heterocycles. The fraction of sp³-hybridized carbons (Fsp3) is 0.214. The average molecular weight is 292 g/mol. The molecule has 1 atom stereocenters. The zero-order valence-corrected chi connectivity index (χ0v) is 11.2. The van der Waals surface area contributed by atoms with Crippen LogP contribution in [-0.4, -0.2) is 23.3 Å². The Morgan fingerprint density at radius 3 is 2.65 bits per heavy atom. The fourth-order valence-corrected chi connectivity index (χ4v) is 1.99.